The molecule has 0 atom stereocenters. The zero-order valence-electron chi connectivity index (χ0n) is 9.32. The van der Waals surface area contributed by atoms with Crippen molar-refractivity contribution in [3.05, 3.63) is 22.8 Å². The summed E-state index contributed by atoms with van der Waals surface area (Å²) in [6.45, 7) is 6.77. The van der Waals surface area contributed by atoms with Crippen LogP contribution in [0.2, 0.25) is 0 Å². The monoisotopic (exact) mass is 178 g/mol. The highest BCUT2D eigenvalue weighted by atomic mass is 14.1. The Kier molecular flexibility index (Phi) is 4.27. The van der Waals surface area contributed by atoms with Crippen molar-refractivity contribution in [2.75, 3.05) is 0 Å². The van der Waals surface area contributed by atoms with E-state index in [1.165, 1.54) is 44.1 Å². The lowest BCUT2D eigenvalue weighted by atomic mass is 9.90. The standard InChI is InChI=1S/C13H22/c1-4-11(2)9-10-13-8-6-5-7-12(13)3/h9H,4-8,10H2,1-3H3/b11-9+. The number of hydrogen-bond donors (Lipinski definition) is 0. The summed E-state index contributed by atoms with van der Waals surface area (Å²) in [5, 5.41) is 0. The smallest absolute Gasteiger partial charge is 0.0134 e. The van der Waals surface area contributed by atoms with Gasteiger partial charge < -0.3 is 0 Å². The second-order valence-electron chi connectivity index (χ2n) is 4.20. The first-order chi connectivity index (χ1) is 6.24. The third kappa shape index (κ3) is 3.38. The molecule has 1 rings (SSSR count). The van der Waals surface area contributed by atoms with Gasteiger partial charge in [0.15, 0.2) is 0 Å². The molecule has 0 radical (unpaired) electrons. The maximum atomic E-state index is 2.41. The molecule has 0 nitrogen and oxygen atoms in total. The van der Waals surface area contributed by atoms with Crippen LogP contribution in [0.1, 0.15) is 59.3 Å². The molecule has 0 heterocycles. The van der Waals surface area contributed by atoms with Crippen molar-refractivity contribution < 1.29 is 0 Å². The molecule has 0 aliphatic heterocycles. The van der Waals surface area contributed by atoms with Crippen molar-refractivity contribution in [1.29, 1.82) is 0 Å². The molecule has 74 valence electrons. The van der Waals surface area contributed by atoms with E-state index in [1.54, 1.807) is 11.1 Å². The lowest BCUT2D eigenvalue weighted by Gasteiger charge is -2.16. The summed E-state index contributed by atoms with van der Waals surface area (Å²) in [5.41, 5.74) is 4.90. The van der Waals surface area contributed by atoms with E-state index in [0.29, 0.717) is 0 Å². The van der Waals surface area contributed by atoms with E-state index in [-0.39, 0.29) is 0 Å². The second-order valence-corrected chi connectivity index (χ2v) is 4.20. The van der Waals surface area contributed by atoms with Gasteiger partial charge in [0.05, 0.1) is 0 Å². The van der Waals surface area contributed by atoms with Crippen LogP contribution < -0.4 is 0 Å². The SMILES string of the molecule is CC/C(C)=C/CC1=C(C)CCCC1. The van der Waals surface area contributed by atoms with E-state index >= 15 is 0 Å². The van der Waals surface area contributed by atoms with E-state index in [9.17, 15) is 0 Å². The first-order valence-electron chi connectivity index (χ1n) is 5.57. The van der Waals surface area contributed by atoms with Gasteiger partial charge >= 0.3 is 0 Å². The van der Waals surface area contributed by atoms with E-state index in [4.69, 9.17) is 0 Å². The Bertz CT molecular complexity index is 218. The quantitative estimate of drug-likeness (QED) is 0.553. The predicted octanol–water partition coefficient (Wildman–Crippen LogP) is 4.62. The minimum Gasteiger partial charge on any atom is -0.0815 e. The average molecular weight is 178 g/mol. The van der Waals surface area contributed by atoms with Gasteiger partial charge in [-0.05, 0) is 52.4 Å². The van der Waals surface area contributed by atoms with E-state index < -0.39 is 0 Å². The zero-order valence-corrected chi connectivity index (χ0v) is 9.32. The van der Waals surface area contributed by atoms with Gasteiger partial charge in [-0.2, -0.15) is 0 Å². The molecule has 0 aromatic heterocycles. The van der Waals surface area contributed by atoms with Crippen molar-refractivity contribution in [3.8, 4) is 0 Å². The van der Waals surface area contributed by atoms with Crippen molar-refractivity contribution in [2.24, 2.45) is 0 Å². The van der Waals surface area contributed by atoms with Crippen LogP contribution >= 0.6 is 0 Å². The minimum atomic E-state index is 1.20. The highest BCUT2D eigenvalue weighted by molar-refractivity contribution is 5.19. The molecule has 0 N–H and O–H groups in total. The van der Waals surface area contributed by atoms with Crippen molar-refractivity contribution >= 4 is 0 Å². The predicted molar refractivity (Wildman–Crippen MR) is 59.8 cm³/mol. The highest BCUT2D eigenvalue weighted by Gasteiger charge is 2.07. The summed E-state index contributed by atoms with van der Waals surface area (Å²) in [6.07, 6.45) is 10.3. The van der Waals surface area contributed by atoms with Crippen LogP contribution in [0.25, 0.3) is 0 Å². The van der Waals surface area contributed by atoms with Crippen LogP contribution in [-0.4, -0.2) is 0 Å². The van der Waals surface area contributed by atoms with Gasteiger partial charge in [-0.25, -0.2) is 0 Å². The van der Waals surface area contributed by atoms with Crippen molar-refractivity contribution in [1.82, 2.24) is 0 Å². The Morgan fingerprint density at radius 3 is 2.62 bits per heavy atom. The molecule has 0 spiro atoms. The van der Waals surface area contributed by atoms with Gasteiger partial charge in [0.2, 0.25) is 0 Å². The highest BCUT2D eigenvalue weighted by Crippen LogP contribution is 2.27. The summed E-state index contributed by atoms with van der Waals surface area (Å²) in [5.74, 6) is 0. The Morgan fingerprint density at radius 2 is 2.00 bits per heavy atom. The molecule has 13 heavy (non-hydrogen) atoms. The molecule has 1 aliphatic carbocycles. The Morgan fingerprint density at radius 1 is 1.31 bits per heavy atom. The molecule has 0 fully saturated rings. The fourth-order valence-electron chi connectivity index (χ4n) is 1.84. The van der Waals surface area contributed by atoms with E-state index in [2.05, 4.69) is 26.8 Å². The third-order valence-electron chi connectivity index (χ3n) is 3.14. The lowest BCUT2D eigenvalue weighted by Crippen LogP contribution is -1.96. The molecule has 0 aromatic rings. The fraction of sp³-hybridized carbons (Fsp3) is 0.692. The molecule has 0 unspecified atom stereocenters. The van der Waals surface area contributed by atoms with Crippen molar-refractivity contribution in [2.45, 2.75) is 59.3 Å². The Hall–Kier alpha value is -0.520. The van der Waals surface area contributed by atoms with Crippen molar-refractivity contribution in [3.63, 3.8) is 0 Å². The second kappa shape index (κ2) is 5.26. The maximum Gasteiger partial charge on any atom is -0.0134 e. The van der Waals surface area contributed by atoms with Gasteiger partial charge in [0.1, 0.15) is 0 Å². The molecule has 0 saturated heterocycles. The van der Waals surface area contributed by atoms with Gasteiger partial charge in [-0.1, -0.05) is 29.7 Å². The lowest BCUT2D eigenvalue weighted by molar-refractivity contribution is 0.662. The first kappa shape index (κ1) is 10.6. The minimum absolute atomic E-state index is 1.20. The first-order valence-corrected chi connectivity index (χ1v) is 5.57. The zero-order chi connectivity index (χ0) is 9.68. The molecular weight excluding hydrogens is 156 g/mol. The molecule has 0 aromatic carbocycles. The number of rotatable bonds is 3. The summed E-state index contributed by atoms with van der Waals surface area (Å²) < 4.78 is 0. The average Bonchev–Trinajstić information content (AvgIpc) is 2.16. The largest absolute Gasteiger partial charge is 0.0815 e. The Balaban J connectivity index is 2.52. The molecule has 1 aliphatic rings. The van der Waals surface area contributed by atoms with Crippen LogP contribution in [0.3, 0.4) is 0 Å². The molecule has 0 saturated carbocycles. The molecular formula is C13H22. The summed E-state index contributed by atoms with van der Waals surface area (Å²) in [7, 11) is 0. The van der Waals surface area contributed by atoms with Gasteiger partial charge in [0, 0.05) is 0 Å². The number of hydrogen-bond acceptors (Lipinski definition) is 0. The summed E-state index contributed by atoms with van der Waals surface area (Å²) in [6, 6.07) is 0. The Labute approximate surface area is 82.7 Å². The topological polar surface area (TPSA) is 0 Å². The summed E-state index contributed by atoms with van der Waals surface area (Å²) in [4.78, 5) is 0. The van der Waals surface area contributed by atoms with E-state index in [0.717, 1.165) is 0 Å². The van der Waals surface area contributed by atoms with Gasteiger partial charge in [-0.15, -0.1) is 0 Å². The maximum absolute atomic E-state index is 2.41. The molecule has 0 bridgehead atoms. The third-order valence-corrected chi connectivity index (χ3v) is 3.14. The van der Waals surface area contributed by atoms with Crippen LogP contribution in [0, 0.1) is 0 Å². The number of allylic oxidation sites excluding steroid dienone is 4. The van der Waals surface area contributed by atoms with Gasteiger partial charge in [-0.3, -0.25) is 0 Å². The van der Waals surface area contributed by atoms with Crippen LogP contribution in [0.4, 0.5) is 0 Å². The van der Waals surface area contributed by atoms with Gasteiger partial charge in [0.25, 0.3) is 0 Å². The normalized spacial score (nSPS) is 19.5. The van der Waals surface area contributed by atoms with Crippen LogP contribution in [-0.2, 0) is 0 Å². The van der Waals surface area contributed by atoms with Crippen LogP contribution in [0.5, 0.6) is 0 Å². The molecule has 0 heteroatoms. The molecule has 0 amide bonds. The van der Waals surface area contributed by atoms with E-state index in [1.807, 2.05) is 0 Å². The summed E-state index contributed by atoms with van der Waals surface area (Å²) >= 11 is 0. The fourth-order valence-corrected chi connectivity index (χ4v) is 1.84. The van der Waals surface area contributed by atoms with Crippen LogP contribution in [0.15, 0.2) is 22.8 Å².